The second-order valence-corrected chi connectivity index (χ2v) is 12.8. The quantitative estimate of drug-likeness (QED) is 0.225. The molecule has 2 unspecified atom stereocenters. The zero-order valence-corrected chi connectivity index (χ0v) is 26.7. The van der Waals surface area contributed by atoms with Gasteiger partial charge in [-0.3, -0.25) is 14.4 Å². The first-order valence-corrected chi connectivity index (χ1v) is 15.8. The summed E-state index contributed by atoms with van der Waals surface area (Å²) in [6.07, 6.45) is 9.84. The summed E-state index contributed by atoms with van der Waals surface area (Å²) in [4.78, 5) is 54.7. The molecule has 1 fully saturated rings. The van der Waals surface area contributed by atoms with Crippen molar-refractivity contribution < 1.29 is 23.9 Å². The van der Waals surface area contributed by atoms with E-state index in [2.05, 4.69) is 17.6 Å². The maximum atomic E-state index is 14.3. The molecule has 0 bridgehead atoms. The molecule has 9 heteroatoms. The number of primary amides is 1. The summed E-state index contributed by atoms with van der Waals surface area (Å²) in [7, 11) is 0. The third kappa shape index (κ3) is 12.4. The SMILES string of the molecule is CCCCCCCCN(C(=O)C(CC(N)=O)NC(=O)OC(C)(C)C)C(C(=O)NC1CCCCC1)c1cc(C)cc(C)c1. The zero-order valence-electron chi connectivity index (χ0n) is 26.7. The Balaban J connectivity index is 2.49. The molecule has 1 aliphatic rings. The van der Waals surface area contributed by atoms with Crippen molar-refractivity contribution in [2.45, 2.75) is 142 Å². The normalized spacial score (nSPS) is 15.4. The number of hydrogen-bond donors (Lipinski definition) is 3. The number of carbonyl (C=O) groups is 4. The van der Waals surface area contributed by atoms with Crippen molar-refractivity contribution in [3.63, 3.8) is 0 Å². The van der Waals surface area contributed by atoms with E-state index < -0.39 is 42.0 Å². The van der Waals surface area contributed by atoms with Crippen LogP contribution in [0.1, 0.15) is 127 Å². The molecule has 42 heavy (non-hydrogen) atoms. The van der Waals surface area contributed by atoms with E-state index in [1.165, 1.54) is 4.90 Å². The molecule has 1 aliphatic carbocycles. The van der Waals surface area contributed by atoms with Crippen molar-refractivity contribution >= 4 is 23.8 Å². The fourth-order valence-electron chi connectivity index (χ4n) is 5.65. The number of ether oxygens (including phenoxy) is 1. The lowest BCUT2D eigenvalue weighted by Crippen LogP contribution is -2.55. The minimum Gasteiger partial charge on any atom is -0.444 e. The number of benzene rings is 1. The molecule has 2 atom stereocenters. The molecule has 2 rings (SSSR count). The maximum Gasteiger partial charge on any atom is 0.408 e. The van der Waals surface area contributed by atoms with Crippen molar-refractivity contribution in [2.24, 2.45) is 5.73 Å². The summed E-state index contributed by atoms with van der Waals surface area (Å²) < 4.78 is 5.39. The number of nitrogens with zero attached hydrogens (tertiary/aromatic N) is 1. The van der Waals surface area contributed by atoms with E-state index in [1.54, 1.807) is 20.8 Å². The van der Waals surface area contributed by atoms with Crippen molar-refractivity contribution in [3.8, 4) is 0 Å². The Morgan fingerprint density at radius 3 is 2.12 bits per heavy atom. The predicted octanol–water partition coefficient (Wildman–Crippen LogP) is 5.75. The zero-order chi connectivity index (χ0) is 31.3. The molecule has 0 aromatic heterocycles. The van der Waals surface area contributed by atoms with Crippen molar-refractivity contribution in [2.75, 3.05) is 6.54 Å². The standard InChI is InChI=1S/C33H54N4O5/c1-7-8-9-10-11-15-18-37(31(40)27(22-28(34)38)36-32(41)42-33(4,5)6)29(25-20-23(2)19-24(3)21-25)30(39)35-26-16-13-12-14-17-26/h19-21,26-27,29H,7-18,22H2,1-6H3,(H2,34,38)(H,35,39)(H,36,41). The lowest BCUT2D eigenvalue weighted by atomic mass is 9.93. The Morgan fingerprint density at radius 2 is 1.55 bits per heavy atom. The van der Waals surface area contributed by atoms with Crippen LogP contribution in [0.25, 0.3) is 0 Å². The van der Waals surface area contributed by atoms with Crippen LogP contribution in [0.2, 0.25) is 0 Å². The summed E-state index contributed by atoms with van der Waals surface area (Å²) in [6, 6.07) is 3.75. The number of rotatable bonds is 15. The molecule has 1 aromatic carbocycles. The highest BCUT2D eigenvalue weighted by Gasteiger charge is 2.37. The summed E-state index contributed by atoms with van der Waals surface area (Å²) in [5.74, 6) is -1.52. The van der Waals surface area contributed by atoms with Crippen molar-refractivity contribution in [1.82, 2.24) is 15.5 Å². The van der Waals surface area contributed by atoms with Crippen LogP contribution < -0.4 is 16.4 Å². The molecular formula is C33H54N4O5. The van der Waals surface area contributed by atoms with Gasteiger partial charge in [0.2, 0.25) is 17.7 Å². The number of unbranched alkanes of at least 4 members (excludes halogenated alkanes) is 5. The van der Waals surface area contributed by atoms with Crippen LogP contribution >= 0.6 is 0 Å². The highest BCUT2D eigenvalue weighted by Crippen LogP contribution is 2.27. The molecule has 0 aliphatic heterocycles. The first kappa shape index (κ1) is 35.1. The van der Waals surface area contributed by atoms with Crippen molar-refractivity contribution in [3.05, 3.63) is 34.9 Å². The summed E-state index contributed by atoms with van der Waals surface area (Å²) in [5.41, 5.74) is 7.39. The summed E-state index contributed by atoms with van der Waals surface area (Å²) >= 11 is 0. The Labute approximate surface area is 252 Å². The predicted molar refractivity (Wildman–Crippen MR) is 166 cm³/mol. The Kier molecular flexibility index (Phi) is 14.3. The van der Waals surface area contributed by atoms with Gasteiger partial charge in [-0.05, 0) is 59.4 Å². The summed E-state index contributed by atoms with van der Waals surface area (Å²) in [6.45, 7) is 11.5. The minimum absolute atomic E-state index is 0.0481. The average Bonchev–Trinajstić information content (AvgIpc) is 2.87. The Bertz CT molecular complexity index is 1030. The number of nitrogens with one attached hydrogen (secondary N) is 2. The lowest BCUT2D eigenvalue weighted by Gasteiger charge is -2.36. The van der Waals surface area contributed by atoms with E-state index in [0.717, 1.165) is 75.3 Å². The van der Waals surface area contributed by atoms with E-state index in [4.69, 9.17) is 10.5 Å². The van der Waals surface area contributed by atoms with Gasteiger partial charge in [0.05, 0.1) is 6.42 Å². The Hall–Kier alpha value is -3.10. The van der Waals surface area contributed by atoms with E-state index in [1.807, 2.05) is 32.0 Å². The van der Waals surface area contributed by atoms with Gasteiger partial charge >= 0.3 is 6.09 Å². The first-order chi connectivity index (χ1) is 19.8. The second kappa shape index (κ2) is 17.1. The van der Waals surface area contributed by atoms with Crippen LogP contribution in [0, 0.1) is 13.8 Å². The molecule has 236 valence electrons. The molecule has 0 spiro atoms. The maximum absolute atomic E-state index is 14.3. The van der Waals surface area contributed by atoms with Gasteiger partial charge in [0.25, 0.3) is 0 Å². The smallest absolute Gasteiger partial charge is 0.408 e. The molecular weight excluding hydrogens is 532 g/mol. The lowest BCUT2D eigenvalue weighted by molar-refractivity contribution is -0.143. The highest BCUT2D eigenvalue weighted by atomic mass is 16.6. The van der Waals surface area contributed by atoms with Gasteiger partial charge in [0, 0.05) is 12.6 Å². The van der Waals surface area contributed by atoms with Crippen LogP contribution in [0.3, 0.4) is 0 Å². The van der Waals surface area contributed by atoms with E-state index >= 15 is 0 Å². The Morgan fingerprint density at radius 1 is 0.952 bits per heavy atom. The van der Waals surface area contributed by atoms with Gasteiger partial charge in [-0.15, -0.1) is 0 Å². The van der Waals surface area contributed by atoms with Gasteiger partial charge in [-0.2, -0.15) is 0 Å². The fourth-order valence-corrected chi connectivity index (χ4v) is 5.65. The fraction of sp³-hybridized carbons (Fsp3) is 0.697. The van der Waals surface area contributed by atoms with Gasteiger partial charge < -0.3 is 26.0 Å². The van der Waals surface area contributed by atoms with Gasteiger partial charge in [0.1, 0.15) is 17.7 Å². The first-order valence-electron chi connectivity index (χ1n) is 15.8. The van der Waals surface area contributed by atoms with E-state index in [9.17, 15) is 19.2 Å². The van der Waals surface area contributed by atoms with Crippen LogP contribution in [0.5, 0.6) is 0 Å². The van der Waals surface area contributed by atoms with Gasteiger partial charge in [-0.25, -0.2) is 4.79 Å². The topological polar surface area (TPSA) is 131 Å². The third-order valence-corrected chi connectivity index (χ3v) is 7.50. The van der Waals surface area contributed by atoms with E-state index in [-0.39, 0.29) is 11.9 Å². The molecule has 4 amide bonds. The number of nitrogens with two attached hydrogens (primary N) is 1. The second-order valence-electron chi connectivity index (χ2n) is 12.8. The van der Waals surface area contributed by atoms with Crippen LogP contribution in [-0.4, -0.2) is 52.9 Å². The van der Waals surface area contributed by atoms with E-state index in [0.29, 0.717) is 18.5 Å². The molecule has 1 aromatic rings. The largest absolute Gasteiger partial charge is 0.444 e. The highest BCUT2D eigenvalue weighted by molar-refractivity contribution is 5.94. The summed E-state index contributed by atoms with van der Waals surface area (Å²) in [5, 5.41) is 5.79. The van der Waals surface area contributed by atoms with Gasteiger partial charge in [-0.1, -0.05) is 87.6 Å². The molecule has 0 heterocycles. The molecule has 9 nitrogen and oxygen atoms in total. The van der Waals surface area contributed by atoms with Crippen LogP contribution in [0.15, 0.2) is 18.2 Å². The minimum atomic E-state index is -1.27. The average molecular weight is 587 g/mol. The third-order valence-electron chi connectivity index (χ3n) is 7.50. The molecule has 4 N–H and O–H groups in total. The van der Waals surface area contributed by atoms with Gasteiger partial charge in [0.15, 0.2) is 0 Å². The monoisotopic (exact) mass is 586 g/mol. The number of carbonyl (C=O) groups excluding carboxylic acids is 4. The number of hydrogen-bond acceptors (Lipinski definition) is 5. The molecule has 0 radical (unpaired) electrons. The van der Waals surface area contributed by atoms with Crippen LogP contribution in [0.4, 0.5) is 4.79 Å². The molecule has 1 saturated carbocycles. The van der Waals surface area contributed by atoms with Crippen molar-refractivity contribution in [1.29, 1.82) is 0 Å². The number of amides is 4. The number of alkyl carbamates (subject to hydrolysis) is 1. The molecule has 0 saturated heterocycles. The number of aryl methyl sites for hydroxylation is 2. The van der Waals surface area contributed by atoms with Crippen LogP contribution in [-0.2, 0) is 19.1 Å².